The van der Waals surface area contributed by atoms with Crippen LogP contribution in [0, 0.1) is 0 Å². The summed E-state index contributed by atoms with van der Waals surface area (Å²) in [4.78, 5) is 7.26. The van der Waals surface area contributed by atoms with Gasteiger partial charge in [-0.25, -0.2) is 0 Å². The molecule has 0 amide bonds. The number of hydrogen-bond donors (Lipinski definition) is 1. The Bertz CT molecular complexity index is 880. The lowest BCUT2D eigenvalue weighted by Crippen LogP contribution is -2.42. The van der Waals surface area contributed by atoms with E-state index in [1.165, 1.54) is 12.7 Å². The van der Waals surface area contributed by atoms with Gasteiger partial charge >= 0.3 is 6.61 Å². The average molecular weight is 405 g/mol. The van der Waals surface area contributed by atoms with Crippen LogP contribution in [0.3, 0.4) is 0 Å². The number of likely N-dealkylation sites (tertiary alicyclic amines) is 1. The number of ether oxygens (including phenoxy) is 2. The molecule has 1 saturated heterocycles. The Hall–Kier alpha value is -2.15. The largest absolute Gasteiger partial charge is 0.493 e. The van der Waals surface area contributed by atoms with E-state index in [1.807, 2.05) is 0 Å². The monoisotopic (exact) mass is 405 g/mol. The van der Waals surface area contributed by atoms with E-state index in [0.717, 1.165) is 62.0 Å². The fraction of sp³-hybridized carbons (Fsp3) is 0.591. The molecule has 1 aromatic carbocycles. The van der Waals surface area contributed by atoms with Crippen LogP contribution in [0.5, 0.6) is 11.5 Å². The van der Waals surface area contributed by atoms with Crippen molar-refractivity contribution >= 4 is 16.6 Å². The van der Waals surface area contributed by atoms with Crippen molar-refractivity contribution in [1.82, 2.24) is 9.88 Å². The molecule has 0 atom stereocenters. The minimum absolute atomic E-state index is 0.0247. The molecule has 29 heavy (non-hydrogen) atoms. The number of alkyl halides is 2. The number of methoxy groups -OCH3 is 1. The summed E-state index contributed by atoms with van der Waals surface area (Å²) >= 11 is 0. The third kappa shape index (κ3) is 4.10. The molecule has 1 aliphatic heterocycles. The number of hydrogen-bond acceptors (Lipinski definition) is 5. The van der Waals surface area contributed by atoms with E-state index in [1.54, 1.807) is 12.1 Å². The van der Waals surface area contributed by atoms with Crippen molar-refractivity contribution in [3.05, 3.63) is 23.4 Å². The molecule has 0 bridgehead atoms. The molecule has 158 valence electrons. The first-order chi connectivity index (χ1) is 14.0. The summed E-state index contributed by atoms with van der Waals surface area (Å²) in [6.07, 6.45) is 5.14. The van der Waals surface area contributed by atoms with Crippen LogP contribution < -0.4 is 14.8 Å². The molecule has 1 N–H and O–H groups in total. The number of rotatable bonds is 6. The Morgan fingerprint density at radius 2 is 1.90 bits per heavy atom. The first kappa shape index (κ1) is 20.1. The van der Waals surface area contributed by atoms with Gasteiger partial charge in [-0.1, -0.05) is 0 Å². The van der Waals surface area contributed by atoms with E-state index in [2.05, 4.69) is 28.8 Å². The topological polar surface area (TPSA) is 46.6 Å². The van der Waals surface area contributed by atoms with E-state index < -0.39 is 6.61 Å². The average Bonchev–Trinajstić information content (AvgIpc) is 3.15. The van der Waals surface area contributed by atoms with Gasteiger partial charge in [0.05, 0.1) is 12.6 Å². The SMILES string of the molecule is COc1cc2c(NC3CCN(C(C)C)CC3)c3c(nc2cc1OC(F)F)CCC3. The van der Waals surface area contributed by atoms with Crippen molar-refractivity contribution in [3.8, 4) is 11.5 Å². The van der Waals surface area contributed by atoms with Crippen LogP contribution in [-0.4, -0.2) is 48.8 Å². The number of nitrogens with one attached hydrogen (secondary N) is 1. The molecule has 1 aromatic heterocycles. The highest BCUT2D eigenvalue weighted by Crippen LogP contribution is 2.40. The first-order valence-corrected chi connectivity index (χ1v) is 10.4. The minimum atomic E-state index is -2.90. The molecular weight excluding hydrogens is 376 g/mol. The second kappa shape index (κ2) is 8.30. The molecule has 2 aliphatic rings. The van der Waals surface area contributed by atoms with E-state index in [-0.39, 0.29) is 5.75 Å². The quantitative estimate of drug-likeness (QED) is 0.760. The van der Waals surface area contributed by atoms with E-state index in [9.17, 15) is 8.78 Å². The van der Waals surface area contributed by atoms with Gasteiger partial charge in [-0.2, -0.15) is 8.78 Å². The lowest BCUT2D eigenvalue weighted by molar-refractivity contribution is -0.0511. The summed E-state index contributed by atoms with van der Waals surface area (Å²) in [6.45, 7) is 3.73. The van der Waals surface area contributed by atoms with E-state index in [0.29, 0.717) is 23.3 Å². The predicted molar refractivity (Wildman–Crippen MR) is 110 cm³/mol. The number of aryl methyl sites for hydroxylation is 1. The van der Waals surface area contributed by atoms with Gasteiger partial charge in [-0.15, -0.1) is 0 Å². The van der Waals surface area contributed by atoms with Crippen LogP contribution in [0.2, 0.25) is 0 Å². The van der Waals surface area contributed by atoms with Crippen molar-refractivity contribution in [2.24, 2.45) is 0 Å². The van der Waals surface area contributed by atoms with Gasteiger partial charge < -0.3 is 19.7 Å². The number of halogens is 2. The second-order valence-corrected chi connectivity index (χ2v) is 8.21. The summed E-state index contributed by atoms with van der Waals surface area (Å²) in [5.74, 6) is 0.326. The van der Waals surface area contributed by atoms with Gasteiger partial charge in [-0.3, -0.25) is 4.98 Å². The van der Waals surface area contributed by atoms with Gasteiger partial charge in [-0.05, 0) is 57.6 Å². The molecule has 1 aliphatic carbocycles. The zero-order chi connectivity index (χ0) is 20.5. The zero-order valence-electron chi connectivity index (χ0n) is 17.3. The third-order valence-electron chi connectivity index (χ3n) is 6.12. The van der Waals surface area contributed by atoms with E-state index >= 15 is 0 Å². The van der Waals surface area contributed by atoms with Crippen LogP contribution in [0.25, 0.3) is 10.9 Å². The fourth-order valence-electron chi connectivity index (χ4n) is 4.55. The maximum atomic E-state index is 12.8. The van der Waals surface area contributed by atoms with Crippen molar-refractivity contribution in [3.63, 3.8) is 0 Å². The summed E-state index contributed by atoms with van der Waals surface area (Å²) in [6, 6.07) is 4.32. The van der Waals surface area contributed by atoms with Crippen molar-refractivity contribution in [2.45, 2.75) is 64.6 Å². The van der Waals surface area contributed by atoms with Gasteiger partial charge in [0.1, 0.15) is 0 Å². The Morgan fingerprint density at radius 1 is 1.14 bits per heavy atom. The lowest BCUT2D eigenvalue weighted by atomic mass is 10.0. The summed E-state index contributed by atoms with van der Waals surface area (Å²) in [5.41, 5.74) is 4.08. The third-order valence-corrected chi connectivity index (χ3v) is 6.12. The Kier molecular flexibility index (Phi) is 5.76. The molecule has 7 heteroatoms. The Balaban J connectivity index is 1.70. The lowest BCUT2D eigenvalue weighted by Gasteiger charge is -2.35. The molecule has 1 fully saturated rings. The molecule has 0 radical (unpaired) electrons. The summed E-state index contributed by atoms with van der Waals surface area (Å²) in [7, 11) is 1.47. The highest BCUT2D eigenvalue weighted by atomic mass is 19.3. The van der Waals surface area contributed by atoms with Crippen LogP contribution in [-0.2, 0) is 12.8 Å². The van der Waals surface area contributed by atoms with Crippen LogP contribution in [0.15, 0.2) is 12.1 Å². The molecule has 2 aromatic rings. The van der Waals surface area contributed by atoms with Gasteiger partial charge in [0.25, 0.3) is 0 Å². The standard InChI is InChI=1S/C22H29F2N3O2/c1-13(2)27-9-7-14(8-10-27)25-21-15-5-4-6-17(15)26-18-12-20(29-22(23)24)19(28-3)11-16(18)21/h11-14,22H,4-10H2,1-3H3,(H,25,26). The molecule has 4 rings (SSSR count). The second-order valence-electron chi connectivity index (χ2n) is 8.21. The number of fused-ring (bicyclic) bond motifs is 2. The molecule has 0 spiro atoms. The van der Waals surface area contributed by atoms with Crippen LogP contribution in [0.1, 0.15) is 44.4 Å². The normalized spacial score (nSPS) is 17.9. The number of benzene rings is 1. The number of nitrogens with zero attached hydrogens (tertiary/aromatic N) is 2. The fourth-order valence-corrected chi connectivity index (χ4v) is 4.55. The van der Waals surface area contributed by atoms with Crippen molar-refractivity contribution < 1.29 is 18.3 Å². The number of anilines is 1. The predicted octanol–water partition coefficient (Wildman–Crippen LogP) is 4.62. The smallest absolute Gasteiger partial charge is 0.387 e. The summed E-state index contributed by atoms with van der Waals surface area (Å²) in [5, 5.41) is 4.70. The molecule has 5 nitrogen and oxygen atoms in total. The van der Waals surface area contributed by atoms with Crippen molar-refractivity contribution in [1.29, 1.82) is 0 Å². The molecular formula is C22H29F2N3O2. The van der Waals surface area contributed by atoms with Gasteiger partial charge in [0, 0.05) is 48.0 Å². The summed E-state index contributed by atoms with van der Waals surface area (Å²) < 4.78 is 35.6. The highest BCUT2D eigenvalue weighted by Gasteiger charge is 2.26. The number of piperidine rings is 1. The van der Waals surface area contributed by atoms with Crippen LogP contribution in [0.4, 0.5) is 14.5 Å². The number of pyridine rings is 1. The Morgan fingerprint density at radius 3 is 2.55 bits per heavy atom. The molecule has 0 unspecified atom stereocenters. The van der Waals surface area contributed by atoms with Gasteiger partial charge in [0.2, 0.25) is 0 Å². The van der Waals surface area contributed by atoms with E-state index in [4.69, 9.17) is 9.72 Å². The highest BCUT2D eigenvalue weighted by molar-refractivity contribution is 5.96. The van der Waals surface area contributed by atoms with Crippen LogP contribution >= 0.6 is 0 Å². The van der Waals surface area contributed by atoms with Crippen molar-refractivity contribution in [2.75, 3.05) is 25.5 Å². The maximum absolute atomic E-state index is 12.8. The maximum Gasteiger partial charge on any atom is 0.387 e. The molecule has 0 saturated carbocycles. The molecule has 2 heterocycles. The Labute approximate surface area is 170 Å². The zero-order valence-corrected chi connectivity index (χ0v) is 17.3. The minimum Gasteiger partial charge on any atom is -0.493 e. The van der Waals surface area contributed by atoms with Gasteiger partial charge in [0.15, 0.2) is 11.5 Å². The number of aromatic nitrogens is 1. The first-order valence-electron chi connectivity index (χ1n) is 10.4.